The van der Waals surface area contributed by atoms with Gasteiger partial charge in [-0.1, -0.05) is 26.8 Å². The Labute approximate surface area is 133 Å². The maximum absolute atomic E-state index is 5.88. The van der Waals surface area contributed by atoms with E-state index in [-0.39, 0.29) is 11.5 Å². The largest absolute Gasteiger partial charge is 0.740 e. The molecule has 1 aromatic rings. The maximum atomic E-state index is 5.88. The summed E-state index contributed by atoms with van der Waals surface area (Å²) in [6.45, 7) is 10.6. The summed E-state index contributed by atoms with van der Waals surface area (Å²) >= 11 is 5.34. The van der Waals surface area contributed by atoms with Crippen LogP contribution in [0.1, 0.15) is 40.2 Å². The lowest BCUT2D eigenvalue weighted by molar-refractivity contribution is 0.422. The molecular weight excluding hydrogens is 283 g/mol. The fourth-order valence-corrected chi connectivity index (χ4v) is 2.33. The second-order valence-corrected chi connectivity index (χ2v) is 7.06. The van der Waals surface area contributed by atoms with Gasteiger partial charge in [0.05, 0.1) is 0 Å². The molecule has 21 heavy (non-hydrogen) atoms. The summed E-state index contributed by atoms with van der Waals surface area (Å²) in [5.74, 6) is 1.53. The third kappa shape index (κ3) is 3.61. The molecule has 1 aliphatic heterocycles. The van der Waals surface area contributed by atoms with E-state index >= 15 is 0 Å². The quantitative estimate of drug-likeness (QED) is 0.671. The molecule has 0 amide bonds. The van der Waals surface area contributed by atoms with Crippen molar-refractivity contribution in [2.24, 2.45) is 0 Å². The number of thiocarbonyl (C=S) groups is 1. The summed E-state index contributed by atoms with van der Waals surface area (Å²) in [6, 6.07) is 6.36. The third-order valence-corrected chi connectivity index (χ3v) is 3.72. The van der Waals surface area contributed by atoms with Gasteiger partial charge in [-0.15, -0.1) is 0 Å². The first-order valence-electron chi connectivity index (χ1n) is 7.19. The van der Waals surface area contributed by atoms with Gasteiger partial charge in [0, 0.05) is 13.1 Å². The predicted molar refractivity (Wildman–Crippen MR) is 90.8 cm³/mol. The Hall–Kier alpha value is -1.43. The van der Waals surface area contributed by atoms with Crippen LogP contribution in [0, 0.1) is 0 Å². The van der Waals surface area contributed by atoms with E-state index in [2.05, 4.69) is 32.2 Å². The zero-order chi connectivity index (χ0) is 15.8. The van der Waals surface area contributed by atoms with Crippen molar-refractivity contribution in [1.82, 2.24) is 10.1 Å². The normalized spacial score (nSPS) is 13.6. The van der Waals surface area contributed by atoms with Crippen molar-refractivity contribution in [3.05, 3.63) is 23.8 Å². The fourth-order valence-electron chi connectivity index (χ4n) is 2.01. The van der Waals surface area contributed by atoms with Crippen LogP contribution < -0.4 is 14.6 Å². The number of rotatable bonds is 2. The molecule has 0 spiro atoms. The summed E-state index contributed by atoms with van der Waals surface area (Å²) in [7, 11) is 1.34. The Morgan fingerprint density at radius 2 is 1.86 bits per heavy atom. The van der Waals surface area contributed by atoms with E-state index in [1.165, 1.54) is 5.56 Å². The average Bonchev–Trinajstić information content (AvgIpc) is 2.78. The van der Waals surface area contributed by atoms with Crippen LogP contribution in [0.25, 0.3) is 0 Å². The molecule has 1 N–H and O–H groups in total. The van der Waals surface area contributed by atoms with E-state index in [1.54, 1.807) is 4.81 Å². The first-order chi connectivity index (χ1) is 9.68. The Morgan fingerprint density at radius 1 is 1.24 bits per heavy atom. The average molecular weight is 306 g/mol. The molecule has 4 nitrogen and oxygen atoms in total. The van der Waals surface area contributed by atoms with Crippen LogP contribution in [-0.2, 0) is 5.41 Å². The molecule has 1 heterocycles. The lowest BCUT2D eigenvalue weighted by Gasteiger charge is -2.23. The smallest absolute Gasteiger partial charge is 0.504 e. The molecule has 0 aromatic heterocycles. The molecule has 1 aliphatic rings. The van der Waals surface area contributed by atoms with Crippen LogP contribution in [0.2, 0.25) is 0 Å². The number of benzene rings is 1. The molecule has 0 atom stereocenters. The molecule has 0 radical (unpaired) electrons. The van der Waals surface area contributed by atoms with Gasteiger partial charge in [0.1, 0.15) is 11.5 Å². The first kappa shape index (κ1) is 16.0. The van der Waals surface area contributed by atoms with E-state index in [9.17, 15) is 0 Å². The molecule has 1 aromatic carbocycles. The minimum absolute atomic E-state index is 0.0802. The molecule has 6 heteroatoms. The summed E-state index contributed by atoms with van der Waals surface area (Å²) in [4.78, 5) is 1.78. The highest BCUT2D eigenvalue weighted by molar-refractivity contribution is 7.80. The van der Waals surface area contributed by atoms with Crippen LogP contribution in [0.4, 0.5) is 0 Å². The van der Waals surface area contributed by atoms with E-state index in [0.29, 0.717) is 5.11 Å². The van der Waals surface area contributed by atoms with Crippen LogP contribution in [0.15, 0.2) is 18.2 Å². The molecule has 0 aliphatic carbocycles. The third-order valence-electron chi connectivity index (χ3n) is 3.31. The van der Waals surface area contributed by atoms with Crippen molar-refractivity contribution < 1.29 is 9.31 Å². The zero-order valence-corrected chi connectivity index (χ0v) is 14.4. The van der Waals surface area contributed by atoms with Gasteiger partial charge in [0.25, 0.3) is 0 Å². The molecule has 0 saturated heterocycles. The number of nitrogens with one attached hydrogen (secondary N) is 1. The first-order valence-corrected chi connectivity index (χ1v) is 7.60. The van der Waals surface area contributed by atoms with Gasteiger partial charge in [-0.3, -0.25) is 0 Å². The molecule has 0 unspecified atom stereocenters. The number of fused-ring (bicyclic) bond motifs is 1. The lowest BCUT2D eigenvalue weighted by Crippen LogP contribution is -2.52. The van der Waals surface area contributed by atoms with Crippen LogP contribution in [0.5, 0.6) is 11.5 Å². The van der Waals surface area contributed by atoms with Crippen molar-refractivity contribution in [2.75, 3.05) is 7.05 Å². The van der Waals surface area contributed by atoms with Crippen LogP contribution in [0.3, 0.4) is 0 Å². The fraction of sp³-hybridized carbons (Fsp3) is 0.533. The monoisotopic (exact) mass is 306 g/mol. The van der Waals surface area contributed by atoms with Crippen molar-refractivity contribution in [3.63, 3.8) is 0 Å². The molecule has 2 rings (SSSR count). The number of hydrogen-bond acceptors (Lipinski definition) is 3. The highest BCUT2D eigenvalue weighted by Crippen LogP contribution is 2.37. The standard InChI is InChI=1S/C15H23BN2O2S/c1-10(2)17-14(21)18(6)16-19-12-8-7-11(15(3,4)5)9-13(12)20-16/h7-10H,1-6H3,(H,17,21). The summed E-state index contributed by atoms with van der Waals surface area (Å²) in [5.41, 5.74) is 1.30. The lowest BCUT2D eigenvalue weighted by atomic mass is 9.87. The zero-order valence-electron chi connectivity index (χ0n) is 13.6. The highest BCUT2D eigenvalue weighted by atomic mass is 32.1. The van der Waals surface area contributed by atoms with Crippen molar-refractivity contribution in [2.45, 2.75) is 46.1 Å². The minimum atomic E-state index is -0.519. The highest BCUT2D eigenvalue weighted by Gasteiger charge is 2.39. The Balaban J connectivity index is 2.11. The predicted octanol–water partition coefficient (Wildman–Crippen LogP) is 2.95. The second kappa shape index (κ2) is 5.75. The van der Waals surface area contributed by atoms with E-state index < -0.39 is 7.25 Å². The molecule has 0 fully saturated rings. The van der Waals surface area contributed by atoms with Gasteiger partial charge in [0.15, 0.2) is 5.11 Å². The van der Waals surface area contributed by atoms with Crippen LogP contribution >= 0.6 is 12.2 Å². The van der Waals surface area contributed by atoms with Gasteiger partial charge in [0.2, 0.25) is 0 Å². The number of hydrogen-bond donors (Lipinski definition) is 1. The molecular formula is C15H23BN2O2S. The minimum Gasteiger partial charge on any atom is -0.504 e. The van der Waals surface area contributed by atoms with Crippen LogP contribution in [-0.4, -0.2) is 30.3 Å². The topological polar surface area (TPSA) is 33.7 Å². The molecule has 114 valence electrons. The van der Waals surface area contributed by atoms with Crippen molar-refractivity contribution in [3.8, 4) is 11.5 Å². The SMILES string of the molecule is CC(C)NC(=S)N(C)B1Oc2ccc(C(C)(C)C)cc2O1. The van der Waals surface area contributed by atoms with Gasteiger partial charge in [-0.2, -0.15) is 0 Å². The Bertz CT molecular complexity index is 543. The molecule has 0 bridgehead atoms. The van der Waals surface area contributed by atoms with Crippen molar-refractivity contribution in [1.29, 1.82) is 0 Å². The Morgan fingerprint density at radius 3 is 2.43 bits per heavy atom. The molecule has 0 saturated carbocycles. The summed E-state index contributed by atoms with van der Waals surface area (Å²) in [5, 5.41) is 3.79. The van der Waals surface area contributed by atoms with E-state index in [0.717, 1.165) is 11.5 Å². The van der Waals surface area contributed by atoms with Gasteiger partial charge >= 0.3 is 7.25 Å². The van der Waals surface area contributed by atoms with Gasteiger partial charge < -0.3 is 19.4 Å². The summed E-state index contributed by atoms with van der Waals surface area (Å²) < 4.78 is 11.7. The second-order valence-electron chi connectivity index (χ2n) is 6.67. The maximum Gasteiger partial charge on any atom is 0.740 e. The van der Waals surface area contributed by atoms with Crippen molar-refractivity contribution >= 4 is 24.6 Å². The number of nitrogens with zero attached hydrogens (tertiary/aromatic N) is 1. The summed E-state index contributed by atoms with van der Waals surface area (Å²) in [6.07, 6.45) is 0. The van der Waals surface area contributed by atoms with E-state index in [4.69, 9.17) is 21.5 Å². The van der Waals surface area contributed by atoms with Gasteiger partial charge in [-0.25, -0.2) is 0 Å². The van der Waals surface area contributed by atoms with Gasteiger partial charge in [-0.05, 0) is 49.2 Å². The van der Waals surface area contributed by atoms with E-state index in [1.807, 2.05) is 33.0 Å². The Kier molecular flexibility index (Phi) is 4.37.